The van der Waals surface area contributed by atoms with Crippen molar-refractivity contribution >= 4 is 12.0 Å². The third kappa shape index (κ3) is 22.8. The van der Waals surface area contributed by atoms with E-state index in [1.54, 1.807) is 20.8 Å². The average Bonchev–Trinajstić information content (AvgIpc) is 2.66. The Morgan fingerprint density at radius 1 is 0.700 bits per heavy atom. The molecule has 30 heavy (non-hydrogen) atoms. The van der Waals surface area contributed by atoms with Gasteiger partial charge in [0.25, 0.3) is 0 Å². The fourth-order valence-electron chi connectivity index (χ4n) is 1.84. The molecule has 0 aliphatic heterocycles. The Balaban J connectivity index is 3.26. The minimum Gasteiger partial charge on any atom is -0.444 e. The molecular formula is C19H38N2O9. The van der Waals surface area contributed by atoms with E-state index in [-0.39, 0.29) is 19.1 Å². The van der Waals surface area contributed by atoms with Gasteiger partial charge >= 0.3 is 6.09 Å². The molecule has 3 N–H and O–H groups in total. The van der Waals surface area contributed by atoms with Crippen LogP contribution in [0.3, 0.4) is 0 Å². The summed E-state index contributed by atoms with van der Waals surface area (Å²) in [6.07, 6.45) is -0.472. The molecule has 0 radical (unpaired) electrons. The van der Waals surface area contributed by atoms with Gasteiger partial charge in [-0.05, 0) is 20.8 Å². The summed E-state index contributed by atoms with van der Waals surface area (Å²) in [6, 6.07) is 0. The van der Waals surface area contributed by atoms with Gasteiger partial charge < -0.3 is 44.2 Å². The quantitative estimate of drug-likeness (QED) is 0.232. The molecule has 11 heteroatoms. The van der Waals surface area contributed by atoms with E-state index in [0.29, 0.717) is 72.6 Å². The predicted molar refractivity (Wildman–Crippen MR) is 108 cm³/mol. The number of hydrogen-bond acceptors (Lipinski definition) is 9. The third-order valence-electron chi connectivity index (χ3n) is 3.07. The van der Waals surface area contributed by atoms with Crippen molar-refractivity contribution in [2.75, 3.05) is 85.8 Å². The molecule has 0 bridgehead atoms. The van der Waals surface area contributed by atoms with Gasteiger partial charge in [0, 0.05) is 13.1 Å². The first-order chi connectivity index (χ1) is 14.3. The Morgan fingerprint density at radius 3 is 1.70 bits per heavy atom. The second kappa shape index (κ2) is 19.5. The smallest absolute Gasteiger partial charge is 0.407 e. The average molecular weight is 439 g/mol. The standard InChI is InChI=1S/C19H38N2O9/c1-19(2,3)30-18(24)21-5-8-26-11-13-28-14-15-29-16-17(23)20-4-7-25-10-12-27-9-6-22/h22H,4-16H2,1-3H3,(H,20,23)(H,21,24). The molecule has 0 unspecified atom stereocenters. The van der Waals surface area contributed by atoms with Crippen molar-refractivity contribution in [1.29, 1.82) is 0 Å². The van der Waals surface area contributed by atoms with Gasteiger partial charge in [0.1, 0.15) is 12.2 Å². The van der Waals surface area contributed by atoms with Gasteiger partial charge in [-0.3, -0.25) is 4.79 Å². The lowest BCUT2D eigenvalue weighted by molar-refractivity contribution is -0.126. The zero-order valence-electron chi connectivity index (χ0n) is 18.4. The molecule has 0 aliphatic rings. The monoisotopic (exact) mass is 438 g/mol. The zero-order valence-corrected chi connectivity index (χ0v) is 18.4. The summed E-state index contributed by atoms with van der Waals surface area (Å²) < 4.78 is 31.2. The summed E-state index contributed by atoms with van der Waals surface area (Å²) in [5, 5.41) is 13.8. The van der Waals surface area contributed by atoms with E-state index in [1.807, 2.05) is 0 Å². The van der Waals surface area contributed by atoms with Crippen LogP contribution in [-0.2, 0) is 33.2 Å². The minimum atomic E-state index is -0.521. The second-order valence-electron chi connectivity index (χ2n) is 7.00. The summed E-state index contributed by atoms with van der Waals surface area (Å²) in [4.78, 5) is 22.9. The molecule has 0 atom stereocenters. The van der Waals surface area contributed by atoms with Crippen LogP contribution in [0.25, 0.3) is 0 Å². The number of alkyl carbamates (subject to hydrolysis) is 1. The van der Waals surface area contributed by atoms with E-state index in [1.165, 1.54) is 0 Å². The van der Waals surface area contributed by atoms with E-state index in [4.69, 9.17) is 33.5 Å². The van der Waals surface area contributed by atoms with Crippen LogP contribution in [0.15, 0.2) is 0 Å². The van der Waals surface area contributed by atoms with Gasteiger partial charge in [-0.25, -0.2) is 4.79 Å². The fraction of sp³-hybridized carbons (Fsp3) is 0.895. The number of aliphatic hydroxyl groups is 1. The van der Waals surface area contributed by atoms with E-state index in [9.17, 15) is 9.59 Å². The first kappa shape index (κ1) is 28.5. The molecule has 2 amide bonds. The highest BCUT2D eigenvalue weighted by atomic mass is 16.6. The van der Waals surface area contributed by atoms with Gasteiger partial charge in [-0.2, -0.15) is 0 Å². The van der Waals surface area contributed by atoms with Crippen molar-refractivity contribution in [2.45, 2.75) is 26.4 Å². The highest BCUT2D eigenvalue weighted by Gasteiger charge is 2.15. The molecule has 0 aromatic rings. The Bertz CT molecular complexity index is 431. The summed E-state index contributed by atoms with van der Waals surface area (Å²) >= 11 is 0. The maximum atomic E-state index is 11.5. The van der Waals surface area contributed by atoms with Crippen molar-refractivity contribution in [3.8, 4) is 0 Å². The van der Waals surface area contributed by atoms with Crippen LogP contribution in [-0.4, -0.2) is 108 Å². The van der Waals surface area contributed by atoms with Crippen LogP contribution in [0, 0.1) is 0 Å². The molecular weight excluding hydrogens is 400 g/mol. The Morgan fingerprint density at radius 2 is 1.17 bits per heavy atom. The van der Waals surface area contributed by atoms with Crippen LogP contribution in [0.2, 0.25) is 0 Å². The molecule has 0 fully saturated rings. The summed E-state index contributed by atoms with van der Waals surface area (Å²) in [7, 11) is 0. The summed E-state index contributed by atoms with van der Waals surface area (Å²) in [5.41, 5.74) is -0.521. The first-order valence-electron chi connectivity index (χ1n) is 10.1. The molecule has 0 saturated heterocycles. The van der Waals surface area contributed by atoms with E-state index >= 15 is 0 Å². The van der Waals surface area contributed by atoms with Gasteiger partial charge in [0.15, 0.2) is 0 Å². The highest BCUT2D eigenvalue weighted by Crippen LogP contribution is 2.05. The lowest BCUT2D eigenvalue weighted by Gasteiger charge is -2.19. The fourth-order valence-corrected chi connectivity index (χ4v) is 1.84. The molecule has 178 valence electrons. The Hall–Kier alpha value is -1.50. The van der Waals surface area contributed by atoms with Gasteiger partial charge in [0.05, 0.1) is 66.1 Å². The molecule has 0 spiro atoms. The van der Waals surface area contributed by atoms with Crippen molar-refractivity contribution in [1.82, 2.24) is 10.6 Å². The molecule has 0 aromatic heterocycles. The summed E-state index contributed by atoms with van der Waals surface area (Å²) in [5.74, 6) is -0.226. The number of rotatable bonds is 19. The zero-order chi connectivity index (χ0) is 22.5. The van der Waals surface area contributed by atoms with E-state index < -0.39 is 11.7 Å². The first-order valence-corrected chi connectivity index (χ1v) is 10.1. The van der Waals surface area contributed by atoms with Gasteiger partial charge in [-0.15, -0.1) is 0 Å². The highest BCUT2D eigenvalue weighted by molar-refractivity contribution is 5.77. The largest absolute Gasteiger partial charge is 0.444 e. The van der Waals surface area contributed by atoms with E-state index in [0.717, 1.165) is 0 Å². The number of ether oxygens (including phenoxy) is 6. The van der Waals surface area contributed by atoms with Crippen molar-refractivity contribution in [2.24, 2.45) is 0 Å². The topological polar surface area (TPSA) is 134 Å². The molecule has 0 heterocycles. The van der Waals surface area contributed by atoms with Gasteiger partial charge in [0.2, 0.25) is 5.91 Å². The number of carbonyl (C=O) groups excluding carboxylic acids is 2. The number of amides is 2. The normalized spacial score (nSPS) is 11.3. The van der Waals surface area contributed by atoms with Crippen LogP contribution in [0.1, 0.15) is 20.8 Å². The molecule has 0 aliphatic carbocycles. The molecule has 0 saturated carbocycles. The number of carbonyl (C=O) groups is 2. The van der Waals surface area contributed by atoms with Crippen molar-refractivity contribution in [3.05, 3.63) is 0 Å². The van der Waals surface area contributed by atoms with Crippen LogP contribution >= 0.6 is 0 Å². The Labute approximate surface area is 178 Å². The lowest BCUT2D eigenvalue weighted by Crippen LogP contribution is -2.34. The van der Waals surface area contributed by atoms with Crippen molar-refractivity contribution in [3.63, 3.8) is 0 Å². The lowest BCUT2D eigenvalue weighted by atomic mass is 10.2. The van der Waals surface area contributed by atoms with Crippen molar-refractivity contribution < 1.29 is 43.1 Å². The van der Waals surface area contributed by atoms with Crippen LogP contribution in [0.4, 0.5) is 4.79 Å². The number of hydrogen-bond donors (Lipinski definition) is 3. The SMILES string of the molecule is CC(C)(C)OC(=O)NCCOCCOCCOCC(=O)NCCOCCOCCO. The van der Waals surface area contributed by atoms with Crippen LogP contribution in [0.5, 0.6) is 0 Å². The Kier molecular flexibility index (Phi) is 18.5. The number of nitrogens with one attached hydrogen (secondary N) is 2. The maximum Gasteiger partial charge on any atom is 0.407 e. The molecule has 0 aromatic carbocycles. The molecule has 0 rings (SSSR count). The predicted octanol–water partition coefficient (Wildman–Crippen LogP) is -0.297. The van der Waals surface area contributed by atoms with Gasteiger partial charge in [-0.1, -0.05) is 0 Å². The third-order valence-corrected chi connectivity index (χ3v) is 3.07. The molecule has 11 nitrogen and oxygen atoms in total. The summed E-state index contributed by atoms with van der Waals surface area (Å²) in [6.45, 7) is 9.37. The van der Waals surface area contributed by atoms with Crippen LogP contribution < -0.4 is 10.6 Å². The second-order valence-corrected chi connectivity index (χ2v) is 7.00. The minimum absolute atomic E-state index is 0.00995. The number of aliphatic hydroxyl groups excluding tert-OH is 1. The maximum absolute atomic E-state index is 11.5. The van der Waals surface area contributed by atoms with E-state index in [2.05, 4.69) is 10.6 Å².